The summed E-state index contributed by atoms with van der Waals surface area (Å²) in [7, 11) is 0. The Kier molecular flexibility index (Phi) is 18.3. The molecule has 0 bridgehead atoms. The third-order valence-corrected chi connectivity index (χ3v) is 5.92. The van der Waals surface area contributed by atoms with Crippen LogP contribution >= 0.6 is 12.2 Å². The average molecular weight is 475 g/mol. The molecule has 2 N–H and O–H groups in total. The molecule has 0 heterocycles. The van der Waals surface area contributed by atoms with E-state index in [9.17, 15) is 4.79 Å². The fourth-order valence-electron chi connectivity index (χ4n) is 3.73. The number of carbonyl (C=O) groups is 1. The van der Waals surface area contributed by atoms with Crippen LogP contribution in [0, 0.1) is 0 Å². The van der Waals surface area contributed by atoms with Gasteiger partial charge in [-0.3, -0.25) is 10.1 Å². The van der Waals surface area contributed by atoms with Gasteiger partial charge in [0.1, 0.15) is 5.75 Å². The Hall–Kier alpha value is -1.88. The summed E-state index contributed by atoms with van der Waals surface area (Å²) in [6, 6.07) is 7.62. The summed E-state index contributed by atoms with van der Waals surface area (Å²) in [5.41, 5.74) is 0.940. The lowest BCUT2D eigenvalue weighted by Crippen LogP contribution is -2.38. The van der Waals surface area contributed by atoms with Gasteiger partial charge in [-0.05, 0) is 49.3 Å². The van der Waals surface area contributed by atoms with Gasteiger partial charge in [-0.15, -0.1) is 0 Å². The number of hydrogen-bond donors (Lipinski definition) is 2. The van der Waals surface area contributed by atoms with Crippen LogP contribution < -0.4 is 15.4 Å². The minimum atomic E-state index is -0.220. The molecule has 1 amide bonds. The Morgan fingerprint density at radius 2 is 1.33 bits per heavy atom. The van der Waals surface area contributed by atoms with Crippen molar-refractivity contribution in [1.82, 2.24) is 10.6 Å². The van der Waals surface area contributed by atoms with E-state index in [1.54, 1.807) is 6.08 Å². The van der Waals surface area contributed by atoms with Crippen LogP contribution in [-0.4, -0.2) is 24.2 Å². The monoisotopic (exact) mass is 474 g/mol. The lowest BCUT2D eigenvalue weighted by molar-refractivity contribution is -0.115. The molecule has 0 aromatic heterocycles. The van der Waals surface area contributed by atoms with Gasteiger partial charge in [0, 0.05) is 12.6 Å². The van der Waals surface area contributed by atoms with Crippen LogP contribution in [0.15, 0.2) is 30.3 Å². The summed E-state index contributed by atoms with van der Waals surface area (Å²) >= 11 is 5.21. The fraction of sp³-hybridized carbons (Fsp3) is 0.643. The predicted octanol–water partition coefficient (Wildman–Crippen LogP) is 7.57. The highest BCUT2D eigenvalue weighted by Gasteiger charge is 2.01. The average Bonchev–Trinajstić information content (AvgIpc) is 2.81. The van der Waals surface area contributed by atoms with Crippen molar-refractivity contribution < 1.29 is 9.53 Å². The van der Waals surface area contributed by atoms with Gasteiger partial charge in [-0.2, -0.15) is 0 Å². The van der Waals surface area contributed by atoms with E-state index in [2.05, 4.69) is 17.6 Å². The molecule has 1 aromatic carbocycles. The van der Waals surface area contributed by atoms with Crippen molar-refractivity contribution in [2.45, 2.75) is 104 Å². The number of benzene rings is 1. The van der Waals surface area contributed by atoms with Gasteiger partial charge in [0.25, 0.3) is 0 Å². The number of hydrogen-bond acceptors (Lipinski definition) is 3. The molecule has 0 saturated carbocycles. The summed E-state index contributed by atoms with van der Waals surface area (Å²) in [5.74, 6) is 0.607. The third kappa shape index (κ3) is 17.3. The molecule has 4 nitrogen and oxygen atoms in total. The van der Waals surface area contributed by atoms with Crippen molar-refractivity contribution in [3.05, 3.63) is 35.9 Å². The van der Waals surface area contributed by atoms with Crippen molar-refractivity contribution in [2.75, 3.05) is 13.2 Å². The van der Waals surface area contributed by atoms with E-state index >= 15 is 0 Å². The van der Waals surface area contributed by atoms with Crippen molar-refractivity contribution in [1.29, 1.82) is 0 Å². The largest absolute Gasteiger partial charge is 0.494 e. The molecule has 0 spiro atoms. The maximum Gasteiger partial charge on any atom is 0.250 e. The molecule has 5 heteroatoms. The molecular weight excluding hydrogens is 428 g/mol. The SMILES string of the molecule is CCCCCCCCCCCCCCCCNC(=S)NC(=O)/C=C/c1ccc(OCC)cc1. The predicted molar refractivity (Wildman–Crippen MR) is 146 cm³/mol. The maximum atomic E-state index is 12.0. The molecule has 1 aromatic rings. The van der Waals surface area contributed by atoms with E-state index in [-0.39, 0.29) is 5.91 Å². The van der Waals surface area contributed by atoms with Gasteiger partial charge < -0.3 is 10.1 Å². The molecule has 33 heavy (non-hydrogen) atoms. The lowest BCUT2D eigenvalue weighted by Gasteiger charge is -2.08. The van der Waals surface area contributed by atoms with E-state index in [1.165, 1.54) is 89.5 Å². The highest BCUT2D eigenvalue weighted by atomic mass is 32.1. The Balaban J connectivity index is 1.94. The molecule has 0 saturated heterocycles. The second kappa shape index (κ2) is 20.7. The third-order valence-electron chi connectivity index (χ3n) is 5.67. The second-order valence-corrected chi connectivity index (χ2v) is 9.08. The van der Waals surface area contributed by atoms with Crippen LogP contribution in [-0.2, 0) is 4.79 Å². The van der Waals surface area contributed by atoms with Gasteiger partial charge in [-0.1, -0.05) is 103 Å². The summed E-state index contributed by atoms with van der Waals surface area (Å²) in [6.07, 6.45) is 22.1. The molecule has 0 aliphatic carbocycles. The molecule has 0 atom stereocenters. The summed E-state index contributed by atoms with van der Waals surface area (Å²) in [6.45, 7) is 5.67. The first-order chi connectivity index (χ1) is 16.2. The first kappa shape index (κ1) is 29.2. The Morgan fingerprint density at radius 1 is 0.818 bits per heavy atom. The lowest BCUT2D eigenvalue weighted by atomic mass is 10.0. The molecule has 186 valence electrons. The van der Waals surface area contributed by atoms with Crippen LogP contribution in [0.25, 0.3) is 6.08 Å². The van der Waals surface area contributed by atoms with Gasteiger partial charge in [0.15, 0.2) is 5.11 Å². The van der Waals surface area contributed by atoms with E-state index in [0.29, 0.717) is 11.7 Å². The van der Waals surface area contributed by atoms with Crippen molar-refractivity contribution in [3.63, 3.8) is 0 Å². The van der Waals surface area contributed by atoms with Crippen molar-refractivity contribution in [2.24, 2.45) is 0 Å². The standard InChI is InChI=1S/C28H46N2O2S/c1-3-5-6-7-8-9-10-11-12-13-14-15-16-17-24-29-28(33)30-27(31)23-20-25-18-21-26(22-19-25)32-4-2/h18-23H,3-17,24H2,1-2H3,(H2,29,30,31,33)/b23-20+. The topological polar surface area (TPSA) is 50.4 Å². The number of carbonyl (C=O) groups excluding carboxylic acids is 1. The van der Waals surface area contributed by atoms with Crippen molar-refractivity contribution in [3.8, 4) is 5.75 Å². The van der Waals surface area contributed by atoms with Gasteiger partial charge in [0.05, 0.1) is 6.61 Å². The van der Waals surface area contributed by atoms with Gasteiger partial charge >= 0.3 is 0 Å². The van der Waals surface area contributed by atoms with Crippen LogP contribution in [0.1, 0.15) is 109 Å². The van der Waals surface area contributed by atoms with Crippen LogP contribution in [0.3, 0.4) is 0 Å². The maximum absolute atomic E-state index is 12.0. The zero-order valence-electron chi connectivity index (χ0n) is 21.0. The smallest absolute Gasteiger partial charge is 0.250 e. The highest BCUT2D eigenvalue weighted by molar-refractivity contribution is 7.80. The molecule has 0 aliphatic heterocycles. The van der Waals surface area contributed by atoms with Gasteiger partial charge in [-0.25, -0.2) is 0 Å². The van der Waals surface area contributed by atoms with Crippen LogP contribution in [0.2, 0.25) is 0 Å². The summed E-state index contributed by atoms with van der Waals surface area (Å²) in [4.78, 5) is 12.0. The summed E-state index contributed by atoms with van der Waals surface area (Å²) in [5, 5.41) is 6.22. The summed E-state index contributed by atoms with van der Waals surface area (Å²) < 4.78 is 5.41. The highest BCUT2D eigenvalue weighted by Crippen LogP contribution is 2.14. The van der Waals surface area contributed by atoms with Crippen LogP contribution in [0.4, 0.5) is 0 Å². The quantitative estimate of drug-likeness (QED) is 0.123. The molecule has 0 radical (unpaired) electrons. The number of amides is 1. The zero-order chi connectivity index (χ0) is 24.0. The molecular formula is C28H46N2O2S. The van der Waals surface area contributed by atoms with Crippen molar-refractivity contribution >= 4 is 29.3 Å². The number of nitrogens with one attached hydrogen (secondary N) is 2. The number of unbranched alkanes of at least 4 members (excludes halogenated alkanes) is 13. The fourth-order valence-corrected chi connectivity index (χ4v) is 3.94. The van der Waals surface area contributed by atoms with Gasteiger partial charge in [0.2, 0.25) is 5.91 Å². The molecule has 0 fully saturated rings. The zero-order valence-corrected chi connectivity index (χ0v) is 21.8. The van der Waals surface area contributed by atoms with E-state index in [1.807, 2.05) is 31.2 Å². The molecule has 0 unspecified atom stereocenters. The number of thiocarbonyl (C=S) groups is 1. The second-order valence-electron chi connectivity index (χ2n) is 8.68. The first-order valence-electron chi connectivity index (χ1n) is 13.2. The number of rotatable bonds is 19. The number of ether oxygens (including phenoxy) is 1. The Labute approximate surface area is 208 Å². The normalized spacial score (nSPS) is 11.0. The minimum absolute atomic E-state index is 0.220. The first-order valence-corrected chi connectivity index (χ1v) is 13.6. The molecule has 1 rings (SSSR count). The van der Waals surface area contributed by atoms with E-state index in [0.717, 1.165) is 24.3 Å². The van der Waals surface area contributed by atoms with Crippen LogP contribution in [0.5, 0.6) is 5.75 Å². The Bertz CT molecular complexity index is 658. The minimum Gasteiger partial charge on any atom is -0.494 e. The molecule has 0 aliphatic rings. The Morgan fingerprint density at radius 3 is 1.85 bits per heavy atom. The van der Waals surface area contributed by atoms with E-state index < -0.39 is 0 Å². The van der Waals surface area contributed by atoms with E-state index in [4.69, 9.17) is 17.0 Å².